The maximum atomic E-state index is 13.1. The highest BCUT2D eigenvalue weighted by molar-refractivity contribution is 6.31. The number of aromatic nitrogens is 1. The van der Waals surface area contributed by atoms with Crippen molar-refractivity contribution in [2.45, 2.75) is 0 Å². The van der Waals surface area contributed by atoms with Gasteiger partial charge in [-0.3, -0.25) is 0 Å². The lowest BCUT2D eigenvalue weighted by Gasteiger charge is -2.02. The molecule has 0 spiro atoms. The summed E-state index contributed by atoms with van der Waals surface area (Å²) in [5.41, 5.74) is 1.21. The SMILES string of the molecule is Fc1cc(Cl)cc(-c2cccc(Cl)n2)c1. The van der Waals surface area contributed by atoms with Gasteiger partial charge in [-0.25, -0.2) is 9.37 Å². The van der Waals surface area contributed by atoms with Crippen molar-refractivity contribution in [1.29, 1.82) is 0 Å². The number of nitrogens with zero attached hydrogens (tertiary/aromatic N) is 1. The van der Waals surface area contributed by atoms with Gasteiger partial charge in [0.15, 0.2) is 0 Å². The summed E-state index contributed by atoms with van der Waals surface area (Å²) in [5.74, 6) is -0.390. The Morgan fingerprint density at radius 3 is 2.53 bits per heavy atom. The fraction of sp³-hybridized carbons (Fsp3) is 0. The van der Waals surface area contributed by atoms with Gasteiger partial charge in [-0.1, -0.05) is 29.3 Å². The molecular weight excluding hydrogens is 236 g/mol. The van der Waals surface area contributed by atoms with Crippen molar-refractivity contribution < 1.29 is 4.39 Å². The van der Waals surface area contributed by atoms with Crippen LogP contribution < -0.4 is 0 Å². The van der Waals surface area contributed by atoms with Crippen molar-refractivity contribution in [3.8, 4) is 11.3 Å². The molecule has 76 valence electrons. The molecule has 2 aromatic rings. The van der Waals surface area contributed by atoms with E-state index >= 15 is 0 Å². The molecule has 0 saturated heterocycles. The van der Waals surface area contributed by atoms with Gasteiger partial charge >= 0.3 is 0 Å². The van der Waals surface area contributed by atoms with Gasteiger partial charge in [0.1, 0.15) is 11.0 Å². The zero-order valence-electron chi connectivity index (χ0n) is 7.55. The van der Waals surface area contributed by atoms with Crippen LogP contribution in [0.1, 0.15) is 0 Å². The van der Waals surface area contributed by atoms with Crippen molar-refractivity contribution >= 4 is 23.2 Å². The molecule has 1 aromatic heterocycles. The summed E-state index contributed by atoms with van der Waals surface area (Å²) in [5, 5.41) is 0.708. The molecule has 0 bridgehead atoms. The van der Waals surface area contributed by atoms with E-state index in [4.69, 9.17) is 23.2 Å². The number of benzene rings is 1. The first-order chi connectivity index (χ1) is 7.15. The molecule has 1 aromatic carbocycles. The first-order valence-corrected chi connectivity index (χ1v) is 5.00. The minimum absolute atomic E-state index is 0.340. The molecule has 1 nitrogen and oxygen atoms in total. The molecule has 0 aliphatic carbocycles. The van der Waals surface area contributed by atoms with E-state index in [1.165, 1.54) is 12.1 Å². The fourth-order valence-electron chi connectivity index (χ4n) is 1.27. The maximum absolute atomic E-state index is 13.1. The van der Waals surface area contributed by atoms with Crippen LogP contribution in [0.3, 0.4) is 0 Å². The van der Waals surface area contributed by atoms with Crippen molar-refractivity contribution in [2.75, 3.05) is 0 Å². The van der Waals surface area contributed by atoms with Crippen molar-refractivity contribution in [2.24, 2.45) is 0 Å². The smallest absolute Gasteiger partial charge is 0.129 e. The molecule has 0 aliphatic rings. The monoisotopic (exact) mass is 241 g/mol. The first-order valence-electron chi connectivity index (χ1n) is 4.24. The van der Waals surface area contributed by atoms with E-state index in [1.54, 1.807) is 24.3 Å². The summed E-state index contributed by atoms with van der Waals surface area (Å²) < 4.78 is 13.1. The summed E-state index contributed by atoms with van der Waals surface area (Å²) in [7, 11) is 0. The van der Waals surface area contributed by atoms with E-state index in [0.29, 0.717) is 21.4 Å². The van der Waals surface area contributed by atoms with Crippen molar-refractivity contribution in [3.05, 3.63) is 52.4 Å². The second kappa shape index (κ2) is 4.17. The molecule has 1 heterocycles. The average Bonchev–Trinajstić information content (AvgIpc) is 2.16. The molecule has 0 saturated carbocycles. The number of halogens is 3. The molecule has 0 radical (unpaired) electrons. The largest absolute Gasteiger partial charge is 0.236 e. The van der Waals surface area contributed by atoms with E-state index < -0.39 is 0 Å². The number of hydrogen-bond donors (Lipinski definition) is 0. The zero-order valence-corrected chi connectivity index (χ0v) is 9.06. The Hall–Kier alpha value is -1.12. The topological polar surface area (TPSA) is 12.9 Å². The molecule has 0 N–H and O–H groups in total. The Morgan fingerprint density at radius 1 is 1.07 bits per heavy atom. The predicted molar refractivity (Wildman–Crippen MR) is 59.7 cm³/mol. The van der Waals surface area contributed by atoms with E-state index in [2.05, 4.69) is 4.98 Å². The van der Waals surface area contributed by atoms with E-state index in [1.807, 2.05) is 0 Å². The normalized spacial score (nSPS) is 10.3. The van der Waals surface area contributed by atoms with Gasteiger partial charge in [0.25, 0.3) is 0 Å². The van der Waals surface area contributed by atoms with Crippen LogP contribution in [0.25, 0.3) is 11.3 Å². The molecule has 0 atom stereocenters. The molecule has 0 unspecified atom stereocenters. The van der Waals surface area contributed by atoms with Crippen molar-refractivity contribution in [3.63, 3.8) is 0 Å². The molecule has 2 rings (SSSR count). The molecular formula is C11H6Cl2FN. The van der Waals surface area contributed by atoms with Gasteiger partial charge in [-0.05, 0) is 30.3 Å². The Labute approximate surface area is 96.5 Å². The standard InChI is InChI=1S/C11H6Cl2FN/c12-8-4-7(5-9(14)6-8)10-2-1-3-11(13)15-10/h1-6H. The van der Waals surface area contributed by atoms with Gasteiger partial charge in [0.05, 0.1) is 5.69 Å². The Bertz CT molecular complexity index is 479. The molecule has 15 heavy (non-hydrogen) atoms. The third kappa shape index (κ3) is 2.46. The Morgan fingerprint density at radius 2 is 1.87 bits per heavy atom. The summed E-state index contributed by atoms with van der Waals surface area (Å²) in [6.07, 6.45) is 0. The minimum Gasteiger partial charge on any atom is -0.236 e. The van der Waals surface area contributed by atoms with Gasteiger partial charge in [0.2, 0.25) is 0 Å². The van der Waals surface area contributed by atoms with E-state index in [9.17, 15) is 4.39 Å². The van der Waals surface area contributed by atoms with E-state index in [-0.39, 0.29) is 5.82 Å². The highest BCUT2D eigenvalue weighted by atomic mass is 35.5. The molecule has 0 aliphatic heterocycles. The van der Waals surface area contributed by atoms with Crippen molar-refractivity contribution in [1.82, 2.24) is 4.98 Å². The average molecular weight is 242 g/mol. The van der Waals surface area contributed by atoms with Crippen LogP contribution in [0.4, 0.5) is 4.39 Å². The lowest BCUT2D eigenvalue weighted by molar-refractivity contribution is 0.628. The van der Waals surface area contributed by atoms with Crippen LogP contribution in [-0.2, 0) is 0 Å². The second-order valence-corrected chi connectivity index (χ2v) is 3.83. The Kier molecular flexibility index (Phi) is 2.89. The highest BCUT2D eigenvalue weighted by Gasteiger charge is 2.03. The summed E-state index contributed by atoms with van der Waals surface area (Å²) in [6.45, 7) is 0. The highest BCUT2D eigenvalue weighted by Crippen LogP contribution is 2.23. The second-order valence-electron chi connectivity index (χ2n) is 3.00. The van der Waals surface area contributed by atoms with Crippen LogP contribution in [0, 0.1) is 5.82 Å². The quantitative estimate of drug-likeness (QED) is 0.683. The summed E-state index contributed by atoms with van der Waals surface area (Å²) >= 11 is 11.5. The molecule has 4 heteroatoms. The van der Waals surface area contributed by atoms with Crippen LogP contribution in [0.5, 0.6) is 0 Å². The molecule has 0 amide bonds. The Balaban J connectivity index is 2.54. The minimum atomic E-state index is -0.390. The summed E-state index contributed by atoms with van der Waals surface area (Å²) in [4.78, 5) is 4.07. The fourth-order valence-corrected chi connectivity index (χ4v) is 1.66. The first kappa shape index (κ1) is 10.4. The van der Waals surface area contributed by atoms with E-state index in [0.717, 1.165) is 0 Å². The van der Waals surface area contributed by atoms with Crippen LogP contribution in [-0.4, -0.2) is 4.98 Å². The van der Waals surface area contributed by atoms with Gasteiger partial charge in [-0.2, -0.15) is 0 Å². The maximum Gasteiger partial charge on any atom is 0.129 e. The zero-order chi connectivity index (χ0) is 10.8. The van der Waals surface area contributed by atoms with Crippen LogP contribution >= 0.6 is 23.2 Å². The summed E-state index contributed by atoms with van der Waals surface area (Å²) in [6, 6.07) is 9.41. The third-order valence-electron chi connectivity index (χ3n) is 1.87. The predicted octanol–water partition coefficient (Wildman–Crippen LogP) is 4.19. The lowest BCUT2D eigenvalue weighted by Crippen LogP contribution is -1.85. The number of rotatable bonds is 1. The molecule has 0 fully saturated rings. The van der Waals surface area contributed by atoms with Crippen LogP contribution in [0.2, 0.25) is 10.2 Å². The third-order valence-corrected chi connectivity index (χ3v) is 2.30. The number of hydrogen-bond acceptors (Lipinski definition) is 1. The van der Waals surface area contributed by atoms with Crippen LogP contribution in [0.15, 0.2) is 36.4 Å². The lowest BCUT2D eigenvalue weighted by atomic mass is 10.1. The van der Waals surface area contributed by atoms with Gasteiger partial charge < -0.3 is 0 Å². The van der Waals surface area contributed by atoms with Gasteiger partial charge in [0, 0.05) is 10.6 Å². The van der Waals surface area contributed by atoms with Gasteiger partial charge in [-0.15, -0.1) is 0 Å². The number of pyridine rings is 1.